The Hall–Kier alpha value is -1.96. The van der Waals surface area contributed by atoms with E-state index in [2.05, 4.69) is 4.90 Å². The summed E-state index contributed by atoms with van der Waals surface area (Å²) in [5, 5.41) is 0. The van der Waals surface area contributed by atoms with Crippen LogP contribution in [-0.2, 0) is 14.3 Å². The van der Waals surface area contributed by atoms with Gasteiger partial charge in [-0.05, 0) is 39.4 Å². The zero-order chi connectivity index (χ0) is 21.5. The first-order chi connectivity index (χ1) is 14.5. The highest BCUT2D eigenvalue weighted by atomic mass is 16.5. The molecule has 0 N–H and O–H groups in total. The van der Waals surface area contributed by atoms with Gasteiger partial charge in [0.15, 0.2) is 0 Å². The number of hydrogen-bond donors (Lipinski definition) is 0. The van der Waals surface area contributed by atoms with E-state index < -0.39 is 0 Å². The molecule has 1 aromatic rings. The predicted octanol–water partition coefficient (Wildman–Crippen LogP) is 1.46. The molecular formula is C23H36N4O3. The minimum absolute atomic E-state index is 0.146. The molecule has 7 nitrogen and oxygen atoms in total. The Morgan fingerprint density at radius 1 is 1.07 bits per heavy atom. The second-order valence-electron chi connectivity index (χ2n) is 8.40. The van der Waals surface area contributed by atoms with Crippen LogP contribution in [0.2, 0.25) is 0 Å². The zero-order valence-corrected chi connectivity index (χ0v) is 18.6. The molecule has 30 heavy (non-hydrogen) atoms. The van der Waals surface area contributed by atoms with Crippen molar-refractivity contribution in [3.05, 3.63) is 35.9 Å². The van der Waals surface area contributed by atoms with E-state index >= 15 is 0 Å². The number of nitrogens with zero attached hydrogens (tertiary/aromatic N) is 4. The van der Waals surface area contributed by atoms with Gasteiger partial charge in [-0.25, -0.2) is 0 Å². The van der Waals surface area contributed by atoms with Gasteiger partial charge in [-0.1, -0.05) is 30.3 Å². The Morgan fingerprint density at radius 3 is 2.27 bits per heavy atom. The molecule has 2 saturated heterocycles. The normalized spacial score (nSPS) is 19.7. The minimum Gasteiger partial charge on any atom is -0.379 e. The molecular weight excluding hydrogens is 380 g/mol. The Labute approximate surface area is 180 Å². The van der Waals surface area contributed by atoms with E-state index in [1.165, 1.54) is 0 Å². The second kappa shape index (κ2) is 10.9. The van der Waals surface area contributed by atoms with Crippen molar-refractivity contribution in [3.8, 4) is 0 Å². The van der Waals surface area contributed by atoms with Gasteiger partial charge in [0.05, 0.1) is 19.8 Å². The first-order valence-corrected chi connectivity index (χ1v) is 11.1. The topological polar surface area (TPSA) is 56.3 Å². The molecule has 3 rings (SSSR count). The molecule has 0 spiro atoms. The van der Waals surface area contributed by atoms with Gasteiger partial charge in [-0.15, -0.1) is 0 Å². The minimum atomic E-state index is -0.270. The largest absolute Gasteiger partial charge is 0.379 e. The van der Waals surface area contributed by atoms with Crippen molar-refractivity contribution in [2.24, 2.45) is 0 Å². The van der Waals surface area contributed by atoms with Crippen LogP contribution in [0.15, 0.2) is 30.3 Å². The van der Waals surface area contributed by atoms with E-state index in [0.717, 1.165) is 31.5 Å². The molecule has 0 aliphatic carbocycles. The molecule has 2 aliphatic heterocycles. The number of carbonyl (C=O) groups is 2. The summed E-state index contributed by atoms with van der Waals surface area (Å²) in [5.74, 6) is 0.340. The van der Waals surface area contributed by atoms with Crippen LogP contribution in [0, 0.1) is 0 Å². The molecule has 0 bridgehead atoms. The number of amides is 2. The van der Waals surface area contributed by atoms with Gasteiger partial charge in [0, 0.05) is 38.8 Å². The lowest BCUT2D eigenvalue weighted by Crippen LogP contribution is -2.53. The molecule has 1 aromatic carbocycles. The summed E-state index contributed by atoms with van der Waals surface area (Å²) in [4.78, 5) is 34.3. The van der Waals surface area contributed by atoms with E-state index in [-0.39, 0.29) is 23.9 Å². The van der Waals surface area contributed by atoms with Crippen LogP contribution >= 0.6 is 0 Å². The van der Waals surface area contributed by atoms with Gasteiger partial charge >= 0.3 is 0 Å². The molecule has 0 saturated carbocycles. The molecule has 2 amide bonds. The van der Waals surface area contributed by atoms with Crippen molar-refractivity contribution in [1.29, 1.82) is 0 Å². The summed E-state index contributed by atoms with van der Waals surface area (Å²) in [5.41, 5.74) is 1.02. The number of likely N-dealkylation sites (N-methyl/N-ethyl adjacent to an activating group) is 2. The zero-order valence-electron chi connectivity index (χ0n) is 18.6. The lowest BCUT2D eigenvalue weighted by atomic mass is 9.99. The van der Waals surface area contributed by atoms with Crippen LogP contribution in [0.1, 0.15) is 31.4 Å². The fraction of sp³-hybridized carbons (Fsp3) is 0.652. The molecule has 0 aromatic heterocycles. The monoisotopic (exact) mass is 416 g/mol. The van der Waals surface area contributed by atoms with Crippen LogP contribution < -0.4 is 0 Å². The fourth-order valence-electron chi connectivity index (χ4n) is 4.55. The third-order valence-corrected chi connectivity index (χ3v) is 6.21. The van der Waals surface area contributed by atoms with Crippen molar-refractivity contribution in [3.63, 3.8) is 0 Å². The predicted molar refractivity (Wildman–Crippen MR) is 117 cm³/mol. The van der Waals surface area contributed by atoms with E-state index in [9.17, 15) is 9.59 Å². The number of benzene rings is 1. The van der Waals surface area contributed by atoms with Crippen molar-refractivity contribution < 1.29 is 14.3 Å². The van der Waals surface area contributed by atoms with Gasteiger partial charge in [-0.3, -0.25) is 19.4 Å². The highest BCUT2D eigenvalue weighted by Crippen LogP contribution is 2.24. The van der Waals surface area contributed by atoms with E-state index in [1.54, 1.807) is 0 Å². The van der Waals surface area contributed by atoms with Crippen LogP contribution in [0.5, 0.6) is 0 Å². The third-order valence-electron chi connectivity index (χ3n) is 6.21. The smallest absolute Gasteiger partial charge is 0.244 e. The molecule has 2 heterocycles. The number of ether oxygens (including phenoxy) is 1. The number of likely N-dealkylation sites (tertiary alicyclic amines) is 1. The Bertz CT molecular complexity index is 683. The summed E-state index contributed by atoms with van der Waals surface area (Å²) in [6, 6.07) is 9.89. The Balaban J connectivity index is 1.57. The van der Waals surface area contributed by atoms with E-state index in [4.69, 9.17) is 4.74 Å². The molecule has 1 atom stereocenters. The van der Waals surface area contributed by atoms with Gasteiger partial charge in [0.2, 0.25) is 11.8 Å². The molecule has 2 fully saturated rings. The lowest BCUT2D eigenvalue weighted by molar-refractivity contribution is -0.140. The van der Waals surface area contributed by atoms with Crippen molar-refractivity contribution in [2.75, 3.05) is 66.6 Å². The van der Waals surface area contributed by atoms with Crippen LogP contribution in [0.3, 0.4) is 0 Å². The summed E-state index contributed by atoms with van der Waals surface area (Å²) >= 11 is 0. The van der Waals surface area contributed by atoms with Gasteiger partial charge in [0.1, 0.15) is 6.04 Å². The van der Waals surface area contributed by atoms with E-state index in [0.29, 0.717) is 39.4 Å². The Morgan fingerprint density at radius 2 is 1.70 bits per heavy atom. The second-order valence-corrected chi connectivity index (χ2v) is 8.40. The summed E-state index contributed by atoms with van der Waals surface area (Å²) in [6.45, 7) is 7.67. The van der Waals surface area contributed by atoms with Gasteiger partial charge in [0.25, 0.3) is 0 Å². The van der Waals surface area contributed by atoms with Crippen LogP contribution in [0.25, 0.3) is 0 Å². The fourth-order valence-corrected chi connectivity index (χ4v) is 4.55. The SMILES string of the molecule is CCN(C(=O)CN1CCOCC1)C1CCN(C(=O)C(c2ccccc2)N(C)C)CC1. The maximum Gasteiger partial charge on any atom is 0.244 e. The third kappa shape index (κ3) is 5.59. The lowest BCUT2D eigenvalue weighted by Gasteiger charge is -2.40. The number of morpholine rings is 1. The number of hydrogen-bond acceptors (Lipinski definition) is 5. The highest BCUT2D eigenvalue weighted by Gasteiger charge is 2.33. The maximum atomic E-state index is 13.3. The number of carbonyl (C=O) groups excluding carboxylic acids is 2. The van der Waals surface area contributed by atoms with Crippen LogP contribution in [-0.4, -0.2) is 104 Å². The maximum absolute atomic E-state index is 13.3. The molecule has 1 unspecified atom stereocenters. The molecule has 2 aliphatic rings. The highest BCUT2D eigenvalue weighted by molar-refractivity contribution is 5.83. The van der Waals surface area contributed by atoms with Gasteiger partial charge in [-0.2, -0.15) is 0 Å². The van der Waals surface area contributed by atoms with Gasteiger partial charge < -0.3 is 14.5 Å². The summed E-state index contributed by atoms with van der Waals surface area (Å²) < 4.78 is 5.38. The molecule has 166 valence electrons. The summed E-state index contributed by atoms with van der Waals surface area (Å²) in [6.07, 6.45) is 1.67. The van der Waals surface area contributed by atoms with Crippen molar-refractivity contribution in [1.82, 2.24) is 19.6 Å². The van der Waals surface area contributed by atoms with E-state index in [1.807, 2.05) is 66.1 Å². The first-order valence-electron chi connectivity index (χ1n) is 11.1. The van der Waals surface area contributed by atoms with Crippen molar-refractivity contribution >= 4 is 11.8 Å². The first kappa shape index (κ1) is 22.7. The molecule has 7 heteroatoms. The average molecular weight is 417 g/mol. The molecule has 0 radical (unpaired) electrons. The number of rotatable bonds is 7. The standard InChI is InChI=1S/C23H36N4O3/c1-4-27(21(28)18-25-14-16-30-17-15-25)20-10-12-26(13-11-20)23(29)22(24(2)3)19-8-6-5-7-9-19/h5-9,20,22H,4,10-18H2,1-3H3. The summed E-state index contributed by atoms with van der Waals surface area (Å²) in [7, 11) is 3.90. The van der Waals surface area contributed by atoms with Crippen molar-refractivity contribution in [2.45, 2.75) is 31.8 Å². The quantitative estimate of drug-likeness (QED) is 0.674. The average Bonchev–Trinajstić information content (AvgIpc) is 2.76. The Kier molecular flexibility index (Phi) is 8.24. The number of piperidine rings is 1. The van der Waals surface area contributed by atoms with Crippen LogP contribution in [0.4, 0.5) is 0 Å².